The van der Waals surface area contributed by atoms with E-state index < -0.39 is 0 Å². The Hall–Kier alpha value is -1.62. The van der Waals surface area contributed by atoms with Crippen molar-refractivity contribution in [3.05, 3.63) is 18.0 Å². The lowest BCUT2D eigenvalue weighted by Gasteiger charge is -2.18. The van der Waals surface area contributed by atoms with Crippen LogP contribution in [0.3, 0.4) is 0 Å². The number of nitrogens with one attached hydrogen (secondary N) is 1. The van der Waals surface area contributed by atoms with E-state index in [0.717, 1.165) is 29.8 Å². The third-order valence-electron chi connectivity index (χ3n) is 4.05. The van der Waals surface area contributed by atoms with Crippen LogP contribution in [0.25, 0.3) is 11.2 Å². The molecule has 0 amide bonds. The van der Waals surface area contributed by atoms with Gasteiger partial charge in [0, 0.05) is 18.0 Å². The number of imidazole rings is 1. The molecule has 2 unspecified atom stereocenters. The lowest BCUT2D eigenvalue weighted by Crippen LogP contribution is -2.28. The van der Waals surface area contributed by atoms with Gasteiger partial charge < -0.3 is 15.5 Å². The predicted molar refractivity (Wildman–Crippen MR) is 78.9 cm³/mol. The van der Waals surface area contributed by atoms with Crippen LogP contribution in [0.2, 0.25) is 0 Å². The smallest absolute Gasteiger partial charge is 0.215 e. The summed E-state index contributed by atoms with van der Waals surface area (Å²) in [6.45, 7) is 2.57. The second-order valence-corrected chi connectivity index (χ2v) is 5.48. The van der Waals surface area contributed by atoms with Gasteiger partial charge in [0.15, 0.2) is 5.65 Å². The van der Waals surface area contributed by atoms with E-state index in [0.29, 0.717) is 18.4 Å². The van der Waals surface area contributed by atoms with Crippen LogP contribution in [-0.2, 0) is 0 Å². The second-order valence-electron chi connectivity index (χ2n) is 5.48. The van der Waals surface area contributed by atoms with Crippen molar-refractivity contribution in [1.82, 2.24) is 15.0 Å². The van der Waals surface area contributed by atoms with E-state index in [1.165, 1.54) is 19.3 Å². The fraction of sp³-hybridized carbons (Fsp3) is 0.600. The Bertz CT molecular complexity index is 580. The van der Waals surface area contributed by atoms with Crippen LogP contribution >= 0.6 is 0 Å². The summed E-state index contributed by atoms with van der Waals surface area (Å²) in [4.78, 5) is 12.5. The molecule has 3 N–H and O–H groups in total. The summed E-state index contributed by atoms with van der Waals surface area (Å²) in [7, 11) is 0. The highest BCUT2D eigenvalue weighted by Gasteiger charge is 2.25. The van der Waals surface area contributed by atoms with Gasteiger partial charge in [-0.25, -0.2) is 4.98 Å². The number of ether oxygens (including phenoxy) is 1. The maximum absolute atomic E-state index is 6.31. The number of fused-ring (bicyclic) bond motifs is 1. The minimum Gasteiger partial charge on any atom is -0.478 e. The number of nitrogens with two attached hydrogens (primary N) is 1. The number of pyridine rings is 1. The fourth-order valence-corrected chi connectivity index (χ4v) is 2.97. The second kappa shape index (κ2) is 5.79. The molecule has 0 bridgehead atoms. The molecule has 0 saturated heterocycles. The number of rotatable bonds is 3. The van der Waals surface area contributed by atoms with E-state index in [9.17, 15) is 0 Å². The van der Waals surface area contributed by atoms with E-state index in [1.54, 1.807) is 0 Å². The van der Waals surface area contributed by atoms with Crippen LogP contribution in [-0.4, -0.2) is 27.6 Å². The molecule has 2 aromatic heterocycles. The van der Waals surface area contributed by atoms with Crippen LogP contribution < -0.4 is 10.5 Å². The molecule has 1 fully saturated rings. The molecule has 0 aliphatic heterocycles. The van der Waals surface area contributed by atoms with Gasteiger partial charge in [0.2, 0.25) is 5.88 Å². The quantitative estimate of drug-likeness (QED) is 0.844. The molecule has 0 spiro atoms. The van der Waals surface area contributed by atoms with E-state index in [2.05, 4.69) is 15.0 Å². The molecule has 1 aliphatic carbocycles. The normalized spacial score (nSPS) is 23.7. The lowest BCUT2D eigenvalue weighted by molar-refractivity contribution is 0.328. The van der Waals surface area contributed by atoms with Crippen molar-refractivity contribution in [3.63, 3.8) is 0 Å². The molecule has 0 aromatic carbocycles. The summed E-state index contributed by atoms with van der Waals surface area (Å²) >= 11 is 0. The summed E-state index contributed by atoms with van der Waals surface area (Å²) in [5.41, 5.74) is 7.99. The summed E-state index contributed by atoms with van der Waals surface area (Å²) in [6.07, 6.45) is 5.92. The summed E-state index contributed by atoms with van der Waals surface area (Å²) in [5, 5.41) is 0. The standard InChI is InChI=1S/C15H22N4O/c1-2-20-13-9-8-12-15(18-13)19-14(17-12)10-6-4-3-5-7-11(10)16/h8-11H,2-7,16H2,1H3,(H,17,18,19). The molecule has 3 rings (SSSR count). The monoisotopic (exact) mass is 274 g/mol. The van der Waals surface area contributed by atoms with E-state index in [1.807, 2.05) is 19.1 Å². The molecule has 2 atom stereocenters. The first-order valence-electron chi connectivity index (χ1n) is 7.53. The largest absolute Gasteiger partial charge is 0.478 e. The number of nitrogens with zero attached hydrogens (tertiary/aromatic N) is 2. The van der Waals surface area contributed by atoms with Gasteiger partial charge in [0.1, 0.15) is 5.82 Å². The van der Waals surface area contributed by atoms with Crippen LogP contribution in [0.1, 0.15) is 50.8 Å². The van der Waals surface area contributed by atoms with Crippen molar-refractivity contribution in [2.45, 2.75) is 51.0 Å². The Labute approximate surface area is 118 Å². The Morgan fingerprint density at radius 3 is 2.95 bits per heavy atom. The maximum Gasteiger partial charge on any atom is 0.215 e. The van der Waals surface area contributed by atoms with Gasteiger partial charge in [-0.15, -0.1) is 0 Å². The van der Waals surface area contributed by atoms with Crippen LogP contribution in [0.5, 0.6) is 5.88 Å². The number of aromatic nitrogens is 3. The fourth-order valence-electron chi connectivity index (χ4n) is 2.97. The zero-order valence-electron chi connectivity index (χ0n) is 11.9. The molecule has 5 heteroatoms. The average Bonchev–Trinajstić information content (AvgIpc) is 2.73. The molecular weight excluding hydrogens is 252 g/mol. The first-order valence-corrected chi connectivity index (χ1v) is 7.53. The third-order valence-corrected chi connectivity index (χ3v) is 4.05. The van der Waals surface area contributed by atoms with E-state index >= 15 is 0 Å². The molecule has 0 radical (unpaired) electrons. The average molecular weight is 274 g/mol. The first-order chi connectivity index (χ1) is 9.78. The zero-order valence-corrected chi connectivity index (χ0v) is 11.9. The molecule has 5 nitrogen and oxygen atoms in total. The van der Waals surface area contributed by atoms with Crippen molar-refractivity contribution in [1.29, 1.82) is 0 Å². The number of hydrogen-bond acceptors (Lipinski definition) is 4. The maximum atomic E-state index is 6.31. The molecule has 1 aliphatic rings. The molecule has 2 heterocycles. The molecular formula is C15H22N4O. The van der Waals surface area contributed by atoms with Crippen molar-refractivity contribution in [3.8, 4) is 5.88 Å². The van der Waals surface area contributed by atoms with Gasteiger partial charge in [0.05, 0.1) is 12.1 Å². The predicted octanol–water partition coefficient (Wildman–Crippen LogP) is 2.73. The topological polar surface area (TPSA) is 76.8 Å². The van der Waals surface area contributed by atoms with E-state index in [4.69, 9.17) is 10.5 Å². The first kappa shape index (κ1) is 13.4. The lowest BCUT2D eigenvalue weighted by atomic mass is 9.95. The highest BCUT2D eigenvalue weighted by Crippen LogP contribution is 2.30. The van der Waals surface area contributed by atoms with Crippen molar-refractivity contribution < 1.29 is 4.74 Å². The Balaban J connectivity index is 1.91. The summed E-state index contributed by atoms with van der Waals surface area (Å²) in [6, 6.07) is 4.05. The van der Waals surface area contributed by atoms with Gasteiger partial charge in [0.25, 0.3) is 0 Å². The number of H-pyrrole nitrogens is 1. The Morgan fingerprint density at radius 2 is 2.10 bits per heavy atom. The minimum atomic E-state index is 0.199. The van der Waals surface area contributed by atoms with Gasteiger partial charge in [-0.3, -0.25) is 0 Å². The van der Waals surface area contributed by atoms with Crippen molar-refractivity contribution >= 4 is 11.2 Å². The highest BCUT2D eigenvalue weighted by molar-refractivity contribution is 5.71. The van der Waals surface area contributed by atoms with Crippen LogP contribution in [0.15, 0.2) is 12.1 Å². The Kier molecular flexibility index (Phi) is 3.87. The van der Waals surface area contributed by atoms with Crippen LogP contribution in [0, 0.1) is 0 Å². The minimum absolute atomic E-state index is 0.199. The molecule has 20 heavy (non-hydrogen) atoms. The van der Waals surface area contributed by atoms with Crippen LogP contribution in [0.4, 0.5) is 0 Å². The molecule has 2 aromatic rings. The summed E-state index contributed by atoms with van der Waals surface area (Å²) < 4.78 is 5.42. The molecule has 1 saturated carbocycles. The zero-order chi connectivity index (χ0) is 13.9. The van der Waals surface area contributed by atoms with Gasteiger partial charge in [-0.05, 0) is 25.8 Å². The number of aromatic amines is 1. The number of hydrogen-bond donors (Lipinski definition) is 2. The van der Waals surface area contributed by atoms with Crippen molar-refractivity contribution in [2.24, 2.45) is 5.73 Å². The summed E-state index contributed by atoms with van der Waals surface area (Å²) in [5.74, 6) is 1.93. The Morgan fingerprint density at radius 1 is 1.25 bits per heavy atom. The molecule has 108 valence electrons. The SMILES string of the molecule is CCOc1ccc2[nH]c(C3CCCCCC3N)nc2n1. The van der Waals surface area contributed by atoms with Gasteiger partial charge in [-0.1, -0.05) is 19.3 Å². The van der Waals surface area contributed by atoms with Gasteiger partial charge in [-0.2, -0.15) is 4.98 Å². The van der Waals surface area contributed by atoms with Crippen molar-refractivity contribution in [2.75, 3.05) is 6.61 Å². The third kappa shape index (κ3) is 2.63. The van der Waals surface area contributed by atoms with Gasteiger partial charge >= 0.3 is 0 Å². The highest BCUT2D eigenvalue weighted by atomic mass is 16.5. The van der Waals surface area contributed by atoms with E-state index in [-0.39, 0.29) is 6.04 Å².